The van der Waals surface area contributed by atoms with Gasteiger partial charge in [0.2, 0.25) is 0 Å². The van der Waals surface area contributed by atoms with Crippen molar-refractivity contribution >= 4 is 16.7 Å². The zero-order chi connectivity index (χ0) is 18.1. The lowest BCUT2D eigenvalue weighted by Crippen LogP contribution is -2.34. The van der Waals surface area contributed by atoms with Gasteiger partial charge in [-0.3, -0.25) is 9.59 Å². The molecular formula is C22H22N2O2. The first-order chi connectivity index (χ1) is 12.6. The van der Waals surface area contributed by atoms with Gasteiger partial charge in [0.25, 0.3) is 11.5 Å². The number of carbonyl (C=O) groups excluding carboxylic acids is 1. The summed E-state index contributed by atoms with van der Waals surface area (Å²) in [6.45, 7) is 2.32. The van der Waals surface area contributed by atoms with Crippen molar-refractivity contribution in [2.75, 3.05) is 6.54 Å². The van der Waals surface area contributed by atoms with Crippen LogP contribution in [0.15, 0.2) is 59.5 Å². The molecule has 1 heterocycles. The predicted molar refractivity (Wildman–Crippen MR) is 104 cm³/mol. The first-order valence-corrected chi connectivity index (χ1v) is 9.12. The van der Waals surface area contributed by atoms with Gasteiger partial charge in [-0.05, 0) is 54.2 Å². The van der Waals surface area contributed by atoms with Crippen LogP contribution in [0.5, 0.6) is 0 Å². The Labute approximate surface area is 152 Å². The fraction of sp³-hybridized carbons (Fsp3) is 0.273. The van der Waals surface area contributed by atoms with Crippen molar-refractivity contribution in [3.05, 3.63) is 81.8 Å². The molecule has 3 aromatic rings. The van der Waals surface area contributed by atoms with Crippen LogP contribution in [-0.2, 0) is 6.42 Å². The van der Waals surface area contributed by atoms with Gasteiger partial charge in [-0.1, -0.05) is 42.5 Å². The maximum Gasteiger partial charge on any atom is 0.263 e. The number of pyridine rings is 1. The molecule has 4 nitrogen and oxygen atoms in total. The number of amides is 1. The van der Waals surface area contributed by atoms with Gasteiger partial charge in [0.15, 0.2) is 0 Å². The molecule has 0 bridgehead atoms. The standard InChI is InChI=1S/C22H22N2O2/c1-15-12-14-24(18-9-10-18)22(26)20(15)21(25)23-13-11-17-7-4-6-16-5-2-3-8-19(16)17/h2-8,12,14,18H,9-11,13H2,1H3,(H,23,25). The van der Waals surface area contributed by atoms with Gasteiger partial charge in [-0.15, -0.1) is 0 Å². The van der Waals surface area contributed by atoms with Crippen molar-refractivity contribution in [1.82, 2.24) is 9.88 Å². The summed E-state index contributed by atoms with van der Waals surface area (Å²) in [5.41, 5.74) is 2.03. The summed E-state index contributed by atoms with van der Waals surface area (Å²) in [4.78, 5) is 25.2. The van der Waals surface area contributed by atoms with E-state index in [1.165, 1.54) is 16.3 Å². The van der Waals surface area contributed by atoms with E-state index in [0.717, 1.165) is 24.8 Å². The quantitative estimate of drug-likeness (QED) is 0.767. The molecule has 4 heteroatoms. The molecule has 1 amide bonds. The molecule has 1 N–H and O–H groups in total. The van der Waals surface area contributed by atoms with Gasteiger partial charge in [0.05, 0.1) is 0 Å². The number of nitrogens with one attached hydrogen (secondary N) is 1. The molecule has 2 aromatic carbocycles. The minimum absolute atomic E-state index is 0.171. The van der Waals surface area contributed by atoms with Gasteiger partial charge in [0, 0.05) is 18.8 Å². The summed E-state index contributed by atoms with van der Waals surface area (Å²) in [5, 5.41) is 5.33. The molecule has 0 saturated heterocycles. The second kappa shape index (κ2) is 6.79. The first kappa shape index (κ1) is 16.6. The van der Waals surface area contributed by atoms with Crippen molar-refractivity contribution in [2.45, 2.75) is 32.2 Å². The van der Waals surface area contributed by atoms with Crippen LogP contribution in [0.3, 0.4) is 0 Å². The molecule has 0 spiro atoms. The van der Waals surface area contributed by atoms with E-state index >= 15 is 0 Å². The summed E-state index contributed by atoms with van der Waals surface area (Å²) < 4.78 is 1.70. The van der Waals surface area contributed by atoms with Crippen LogP contribution in [0.1, 0.15) is 40.4 Å². The molecule has 0 unspecified atom stereocenters. The molecule has 0 radical (unpaired) electrons. The monoisotopic (exact) mass is 346 g/mol. The smallest absolute Gasteiger partial charge is 0.263 e. The highest BCUT2D eigenvalue weighted by atomic mass is 16.2. The lowest BCUT2D eigenvalue weighted by atomic mass is 10.0. The number of carbonyl (C=O) groups is 1. The second-order valence-corrected chi connectivity index (χ2v) is 6.96. The van der Waals surface area contributed by atoms with Crippen molar-refractivity contribution in [1.29, 1.82) is 0 Å². The number of hydrogen-bond acceptors (Lipinski definition) is 2. The molecule has 4 rings (SSSR count). The Morgan fingerprint density at radius 2 is 1.88 bits per heavy atom. The number of hydrogen-bond donors (Lipinski definition) is 1. The van der Waals surface area contributed by atoms with Crippen LogP contribution in [0.2, 0.25) is 0 Å². The largest absolute Gasteiger partial charge is 0.352 e. The van der Waals surface area contributed by atoms with E-state index in [4.69, 9.17) is 0 Å². The number of benzene rings is 2. The van der Waals surface area contributed by atoms with Gasteiger partial charge < -0.3 is 9.88 Å². The van der Waals surface area contributed by atoms with Crippen LogP contribution in [-0.4, -0.2) is 17.0 Å². The highest BCUT2D eigenvalue weighted by molar-refractivity contribution is 5.95. The van der Waals surface area contributed by atoms with E-state index < -0.39 is 0 Å². The summed E-state index contributed by atoms with van der Waals surface area (Å²) in [7, 11) is 0. The highest BCUT2D eigenvalue weighted by Crippen LogP contribution is 2.33. The maximum absolute atomic E-state index is 12.6. The molecule has 26 heavy (non-hydrogen) atoms. The fourth-order valence-electron chi connectivity index (χ4n) is 3.47. The van der Waals surface area contributed by atoms with Gasteiger partial charge in [0.1, 0.15) is 5.56 Å². The van der Waals surface area contributed by atoms with E-state index in [1.54, 1.807) is 4.57 Å². The van der Waals surface area contributed by atoms with Gasteiger partial charge in [-0.25, -0.2) is 0 Å². The summed E-state index contributed by atoms with van der Waals surface area (Å²) >= 11 is 0. The average Bonchev–Trinajstić information content (AvgIpc) is 3.47. The topological polar surface area (TPSA) is 51.1 Å². The average molecular weight is 346 g/mol. The maximum atomic E-state index is 12.6. The number of nitrogens with zero attached hydrogens (tertiary/aromatic N) is 1. The molecule has 1 fully saturated rings. The molecule has 1 aliphatic carbocycles. The van der Waals surface area contributed by atoms with Crippen LogP contribution >= 0.6 is 0 Å². The third kappa shape index (κ3) is 3.15. The zero-order valence-corrected chi connectivity index (χ0v) is 14.9. The molecule has 1 saturated carbocycles. The Morgan fingerprint density at radius 1 is 1.12 bits per heavy atom. The molecule has 1 aliphatic rings. The Balaban J connectivity index is 1.49. The number of aromatic nitrogens is 1. The Bertz CT molecular complexity index is 1030. The zero-order valence-electron chi connectivity index (χ0n) is 14.9. The predicted octanol–water partition coefficient (Wildman–Crippen LogP) is 3.62. The molecule has 0 aliphatic heterocycles. The van der Waals surface area contributed by atoms with E-state index in [2.05, 4.69) is 29.6 Å². The van der Waals surface area contributed by atoms with Crippen LogP contribution in [0.4, 0.5) is 0 Å². The van der Waals surface area contributed by atoms with Crippen LogP contribution < -0.4 is 10.9 Å². The number of aryl methyl sites for hydroxylation is 1. The highest BCUT2D eigenvalue weighted by Gasteiger charge is 2.26. The first-order valence-electron chi connectivity index (χ1n) is 9.12. The molecule has 132 valence electrons. The lowest BCUT2D eigenvalue weighted by molar-refractivity contribution is 0.0951. The number of fused-ring (bicyclic) bond motifs is 1. The summed E-state index contributed by atoms with van der Waals surface area (Å²) in [5.74, 6) is -0.275. The fourth-order valence-corrected chi connectivity index (χ4v) is 3.47. The molecular weight excluding hydrogens is 324 g/mol. The Hall–Kier alpha value is -2.88. The SMILES string of the molecule is Cc1ccn(C2CC2)c(=O)c1C(=O)NCCc1cccc2ccccc12. The Kier molecular flexibility index (Phi) is 4.33. The second-order valence-electron chi connectivity index (χ2n) is 6.96. The van der Waals surface area contributed by atoms with Crippen LogP contribution in [0.25, 0.3) is 10.8 Å². The van der Waals surface area contributed by atoms with E-state index in [0.29, 0.717) is 6.54 Å². The minimum atomic E-state index is -0.275. The Morgan fingerprint density at radius 3 is 2.69 bits per heavy atom. The number of rotatable bonds is 5. The van der Waals surface area contributed by atoms with Gasteiger partial charge in [-0.2, -0.15) is 0 Å². The minimum Gasteiger partial charge on any atom is -0.352 e. The van der Waals surface area contributed by atoms with Crippen molar-refractivity contribution < 1.29 is 4.79 Å². The summed E-state index contributed by atoms with van der Waals surface area (Å²) in [6.07, 6.45) is 4.58. The lowest BCUT2D eigenvalue weighted by Gasteiger charge is -2.11. The van der Waals surface area contributed by atoms with E-state index in [9.17, 15) is 9.59 Å². The van der Waals surface area contributed by atoms with Crippen molar-refractivity contribution in [2.24, 2.45) is 0 Å². The van der Waals surface area contributed by atoms with Crippen molar-refractivity contribution in [3.8, 4) is 0 Å². The van der Waals surface area contributed by atoms with E-state index in [1.807, 2.05) is 37.4 Å². The third-order valence-electron chi connectivity index (χ3n) is 5.06. The van der Waals surface area contributed by atoms with E-state index in [-0.39, 0.29) is 23.1 Å². The normalized spacial score (nSPS) is 13.7. The molecule has 0 atom stereocenters. The molecule has 1 aromatic heterocycles. The van der Waals surface area contributed by atoms with Crippen molar-refractivity contribution in [3.63, 3.8) is 0 Å². The van der Waals surface area contributed by atoms with Crippen LogP contribution in [0, 0.1) is 6.92 Å². The third-order valence-corrected chi connectivity index (χ3v) is 5.06. The van der Waals surface area contributed by atoms with Gasteiger partial charge >= 0.3 is 0 Å². The summed E-state index contributed by atoms with van der Waals surface area (Å²) in [6, 6.07) is 16.6.